The van der Waals surface area contributed by atoms with Gasteiger partial charge in [0, 0.05) is 22.8 Å². The second kappa shape index (κ2) is 7.07. The van der Waals surface area contributed by atoms with Crippen molar-refractivity contribution in [1.82, 2.24) is 4.31 Å². The number of aryl methyl sites for hydroxylation is 1. The number of fused-ring (bicyclic) bond motifs is 1. The predicted molar refractivity (Wildman–Crippen MR) is 110 cm³/mol. The number of benzene rings is 1. The lowest BCUT2D eigenvalue weighted by Gasteiger charge is -2.30. The predicted octanol–water partition coefficient (Wildman–Crippen LogP) is 6.14. The van der Waals surface area contributed by atoms with E-state index in [1.807, 2.05) is 11.3 Å². The van der Waals surface area contributed by atoms with Crippen molar-refractivity contribution in [2.24, 2.45) is 5.41 Å². The van der Waals surface area contributed by atoms with E-state index in [1.54, 1.807) is 10.4 Å². The van der Waals surface area contributed by atoms with Gasteiger partial charge in [-0.2, -0.15) is 0 Å². The van der Waals surface area contributed by atoms with Crippen molar-refractivity contribution in [2.45, 2.75) is 53.1 Å². The van der Waals surface area contributed by atoms with Gasteiger partial charge < -0.3 is 0 Å². The number of hydrogen-bond donors (Lipinski definition) is 1. The third-order valence-electron chi connectivity index (χ3n) is 4.81. The summed E-state index contributed by atoms with van der Waals surface area (Å²) in [6, 6.07) is 10.5. The highest BCUT2D eigenvalue weighted by molar-refractivity contribution is 7.77. The minimum atomic E-state index is 0.403. The van der Waals surface area contributed by atoms with Crippen LogP contribution in [0.25, 0.3) is 5.57 Å². The summed E-state index contributed by atoms with van der Waals surface area (Å²) >= 11 is 6.71. The van der Waals surface area contributed by atoms with Crippen LogP contribution in [0.5, 0.6) is 0 Å². The van der Waals surface area contributed by atoms with E-state index < -0.39 is 0 Å². The molecule has 1 aliphatic rings. The van der Waals surface area contributed by atoms with Crippen LogP contribution in [0.1, 0.15) is 53.6 Å². The van der Waals surface area contributed by atoms with Crippen molar-refractivity contribution in [3.63, 3.8) is 0 Å². The first-order valence-corrected chi connectivity index (χ1v) is 9.84. The highest BCUT2D eigenvalue weighted by Gasteiger charge is 2.30. The van der Waals surface area contributed by atoms with Gasteiger partial charge in [0.05, 0.1) is 0 Å². The first kappa shape index (κ1) is 17.8. The third kappa shape index (κ3) is 3.96. The molecule has 2 aromatic rings. The molecule has 0 unspecified atom stereocenters. The molecule has 1 aliphatic carbocycles. The fourth-order valence-electron chi connectivity index (χ4n) is 3.60. The first-order valence-electron chi connectivity index (χ1n) is 8.63. The number of nitrogens with zero attached hydrogens (tertiary/aromatic N) is 1. The average molecular weight is 358 g/mol. The van der Waals surface area contributed by atoms with Gasteiger partial charge in [0.25, 0.3) is 0 Å². The van der Waals surface area contributed by atoms with Crippen LogP contribution in [0.4, 0.5) is 0 Å². The Morgan fingerprint density at radius 2 is 1.96 bits per heavy atom. The van der Waals surface area contributed by atoms with Gasteiger partial charge in [-0.15, -0.1) is 11.3 Å². The highest BCUT2D eigenvalue weighted by Crippen LogP contribution is 2.44. The number of thiophene rings is 1. The molecule has 0 saturated heterocycles. The molecule has 0 N–H and O–H groups in total. The van der Waals surface area contributed by atoms with E-state index in [0.717, 1.165) is 13.1 Å². The fraction of sp³-hybridized carbons (Fsp3) is 0.429. The number of allylic oxidation sites excluding steroid dienone is 1. The maximum Gasteiger partial charge on any atom is 0.0442 e. The Hall–Kier alpha value is -1.03. The largest absolute Gasteiger partial charge is 0.244 e. The molecule has 1 aromatic carbocycles. The normalized spacial score (nSPS) is 16.2. The summed E-state index contributed by atoms with van der Waals surface area (Å²) < 4.78 is 2.12. The van der Waals surface area contributed by atoms with Crippen molar-refractivity contribution < 1.29 is 0 Å². The molecular formula is C21H27NS2. The molecule has 24 heavy (non-hydrogen) atoms. The van der Waals surface area contributed by atoms with Gasteiger partial charge in [0.2, 0.25) is 0 Å². The van der Waals surface area contributed by atoms with Gasteiger partial charge in [-0.25, -0.2) is 4.31 Å². The van der Waals surface area contributed by atoms with Crippen LogP contribution in [0.15, 0.2) is 36.9 Å². The van der Waals surface area contributed by atoms with Crippen LogP contribution < -0.4 is 0 Å². The molecule has 1 heterocycles. The van der Waals surface area contributed by atoms with Gasteiger partial charge in [-0.3, -0.25) is 0 Å². The van der Waals surface area contributed by atoms with Crippen LogP contribution in [-0.4, -0.2) is 4.31 Å². The minimum absolute atomic E-state index is 0.403. The van der Waals surface area contributed by atoms with Gasteiger partial charge >= 0.3 is 0 Å². The van der Waals surface area contributed by atoms with Crippen molar-refractivity contribution >= 4 is 29.7 Å². The Labute approximate surface area is 155 Å². The molecule has 1 aromatic heterocycles. The SMILES string of the molecule is C=C(C)c1c(CN(S)Cc2ccccc2)sc2c1CC(C)(C)CC2. The molecule has 128 valence electrons. The summed E-state index contributed by atoms with van der Waals surface area (Å²) in [4.78, 5) is 3.00. The zero-order valence-corrected chi connectivity index (χ0v) is 16.6. The summed E-state index contributed by atoms with van der Waals surface area (Å²) in [5.74, 6) is 0. The monoisotopic (exact) mass is 357 g/mol. The number of hydrogen-bond acceptors (Lipinski definition) is 3. The van der Waals surface area contributed by atoms with Crippen molar-refractivity contribution in [3.8, 4) is 0 Å². The van der Waals surface area contributed by atoms with Crippen LogP contribution >= 0.6 is 24.2 Å². The molecule has 0 bridgehead atoms. The van der Waals surface area contributed by atoms with Crippen molar-refractivity contribution in [3.05, 3.63) is 63.4 Å². The van der Waals surface area contributed by atoms with Crippen LogP contribution in [0.3, 0.4) is 0 Å². The standard InChI is InChI=1S/C21H27NS2/c1-15(2)20-17-12-21(3,4)11-10-18(17)24-19(20)14-22(23)13-16-8-6-5-7-9-16/h5-9,23H,1,10-14H2,2-4H3. The van der Waals surface area contributed by atoms with E-state index in [9.17, 15) is 0 Å². The van der Waals surface area contributed by atoms with Crippen LogP contribution in [0, 0.1) is 5.41 Å². The molecule has 0 radical (unpaired) electrons. The molecule has 1 nitrogen and oxygen atoms in total. The zero-order chi connectivity index (χ0) is 17.3. The zero-order valence-electron chi connectivity index (χ0n) is 14.9. The molecule has 3 rings (SSSR count). The Bertz CT molecular complexity index is 728. The van der Waals surface area contributed by atoms with Crippen LogP contribution in [-0.2, 0) is 25.9 Å². The van der Waals surface area contributed by atoms with E-state index in [0.29, 0.717) is 5.41 Å². The molecule has 0 amide bonds. The van der Waals surface area contributed by atoms with Gasteiger partial charge in [0.1, 0.15) is 0 Å². The van der Waals surface area contributed by atoms with Crippen molar-refractivity contribution in [2.75, 3.05) is 0 Å². The van der Waals surface area contributed by atoms with E-state index >= 15 is 0 Å². The quantitative estimate of drug-likeness (QED) is 0.629. The Balaban J connectivity index is 1.83. The maximum atomic E-state index is 4.73. The summed E-state index contributed by atoms with van der Waals surface area (Å²) in [5, 5.41) is 0. The topological polar surface area (TPSA) is 3.24 Å². The van der Waals surface area contributed by atoms with E-state index in [2.05, 4.69) is 62.0 Å². The Morgan fingerprint density at radius 1 is 1.25 bits per heavy atom. The first-order chi connectivity index (χ1) is 11.4. The van der Waals surface area contributed by atoms with E-state index in [4.69, 9.17) is 12.8 Å². The molecule has 0 atom stereocenters. The number of rotatable bonds is 5. The van der Waals surface area contributed by atoms with E-state index in [1.165, 1.54) is 40.8 Å². The molecule has 0 saturated carbocycles. The lowest BCUT2D eigenvalue weighted by atomic mass is 9.75. The molecular weight excluding hydrogens is 330 g/mol. The Kier molecular flexibility index (Phi) is 5.24. The second-order valence-electron chi connectivity index (χ2n) is 7.73. The summed E-state index contributed by atoms with van der Waals surface area (Å²) in [6.45, 7) is 12.9. The van der Waals surface area contributed by atoms with Crippen LogP contribution in [0.2, 0.25) is 0 Å². The summed E-state index contributed by atoms with van der Waals surface area (Å²) in [6.07, 6.45) is 3.66. The molecule has 0 aliphatic heterocycles. The molecule has 3 heteroatoms. The highest BCUT2D eigenvalue weighted by atomic mass is 32.1. The van der Waals surface area contributed by atoms with Crippen molar-refractivity contribution in [1.29, 1.82) is 0 Å². The van der Waals surface area contributed by atoms with E-state index in [-0.39, 0.29) is 0 Å². The molecule has 0 fully saturated rings. The third-order valence-corrected chi connectivity index (χ3v) is 6.37. The second-order valence-corrected chi connectivity index (χ2v) is 9.49. The minimum Gasteiger partial charge on any atom is -0.244 e. The van der Waals surface area contributed by atoms with Gasteiger partial charge in [-0.05, 0) is 53.9 Å². The average Bonchev–Trinajstić information content (AvgIpc) is 2.83. The maximum absolute atomic E-state index is 4.73. The lowest BCUT2D eigenvalue weighted by Crippen LogP contribution is -2.21. The smallest absolute Gasteiger partial charge is 0.0442 e. The summed E-state index contributed by atoms with van der Waals surface area (Å²) in [5.41, 5.74) is 5.86. The molecule has 0 spiro atoms. The lowest BCUT2D eigenvalue weighted by molar-refractivity contribution is 0.317. The Morgan fingerprint density at radius 3 is 2.62 bits per heavy atom. The van der Waals surface area contributed by atoms with Gasteiger partial charge in [-0.1, -0.05) is 63.6 Å². The number of thiol groups is 1. The summed E-state index contributed by atoms with van der Waals surface area (Å²) in [7, 11) is 0. The van der Waals surface area contributed by atoms with Gasteiger partial charge in [0.15, 0.2) is 0 Å². The fourth-order valence-corrected chi connectivity index (χ4v) is 5.42.